The number of pyridine rings is 2. The molecule has 0 spiro atoms. The first-order chi connectivity index (χ1) is 12.1. The number of hydrogen-bond donors (Lipinski definition) is 0. The van der Waals surface area contributed by atoms with Crippen molar-refractivity contribution in [3.05, 3.63) is 61.1 Å². The van der Waals surface area contributed by atoms with Gasteiger partial charge in [-0.05, 0) is 30.7 Å². The number of rotatable bonds is 4. The van der Waals surface area contributed by atoms with Crippen LogP contribution < -0.4 is 4.74 Å². The van der Waals surface area contributed by atoms with Crippen LogP contribution in [0, 0.1) is 0 Å². The first kappa shape index (κ1) is 16.0. The van der Waals surface area contributed by atoms with E-state index in [2.05, 4.69) is 9.97 Å². The summed E-state index contributed by atoms with van der Waals surface area (Å²) in [5.41, 5.74) is 0.790. The number of benzene rings is 1. The van der Waals surface area contributed by atoms with Crippen LogP contribution in [0.3, 0.4) is 0 Å². The number of hydrogen-bond acceptors (Lipinski definition) is 5. The Morgan fingerprint density at radius 1 is 1.08 bits per heavy atom. The number of para-hydroxylation sites is 1. The van der Waals surface area contributed by atoms with E-state index in [0.717, 1.165) is 10.9 Å². The van der Waals surface area contributed by atoms with Crippen LogP contribution in [0.2, 0.25) is 0 Å². The van der Waals surface area contributed by atoms with Crippen molar-refractivity contribution in [1.82, 2.24) is 14.3 Å². The Bertz CT molecular complexity index is 987. The van der Waals surface area contributed by atoms with E-state index in [1.54, 1.807) is 24.5 Å². The van der Waals surface area contributed by atoms with Crippen molar-refractivity contribution in [2.24, 2.45) is 0 Å². The summed E-state index contributed by atoms with van der Waals surface area (Å²) in [6, 6.07) is 12.8. The van der Waals surface area contributed by atoms with Crippen molar-refractivity contribution in [2.45, 2.75) is 17.4 Å². The third-order valence-corrected chi connectivity index (χ3v) is 6.12. The summed E-state index contributed by atoms with van der Waals surface area (Å²) in [5.74, 6) is 0.684. The molecule has 0 bridgehead atoms. The Morgan fingerprint density at radius 3 is 2.76 bits per heavy atom. The van der Waals surface area contributed by atoms with Crippen LogP contribution in [0.15, 0.2) is 66.0 Å². The van der Waals surface area contributed by atoms with E-state index in [9.17, 15) is 8.42 Å². The van der Waals surface area contributed by atoms with Crippen LogP contribution in [0.25, 0.3) is 10.9 Å². The van der Waals surface area contributed by atoms with Gasteiger partial charge < -0.3 is 4.74 Å². The lowest BCUT2D eigenvalue weighted by Crippen LogP contribution is -2.31. The lowest BCUT2D eigenvalue weighted by Gasteiger charge is -2.17. The van der Waals surface area contributed by atoms with Gasteiger partial charge >= 0.3 is 0 Å². The van der Waals surface area contributed by atoms with Gasteiger partial charge in [-0.25, -0.2) is 8.42 Å². The van der Waals surface area contributed by atoms with Gasteiger partial charge in [0.05, 0.1) is 6.54 Å². The summed E-state index contributed by atoms with van der Waals surface area (Å²) in [4.78, 5) is 8.48. The number of nitrogens with zero attached hydrogens (tertiary/aromatic N) is 3. The molecule has 0 N–H and O–H groups in total. The highest BCUT2D eigenvalue weighted by atomic mass is 32.2. The Balaban J connectivity index is 1.53. The summed E-state index contributed by atoms with van der Waals surface area (Å²) in [7, 11) is -3.53. The highest BCUT2D eigenvalue weighted by Crippen LogP contribution is 2.27. The fourth-order valence-electron chi connectivity index (χ4n) is 3.01. The smallest absolute Gasteiger partial charge is 0.244 e. The van der Waals surface area contributed by atoms with Crippen LogP contribution in [0.1, 0.15) is 6.42 Å². The maximum Gasteiger partial charge on any atom is 0.244 e. The van der Waals surface area contributed by atoms with E-state index < -0.39 is 10.0 Å². The third-order valence-electron chi connectivity index (χ3n) is 4.27. The minimum absolute atomic E-state index is 0.195. The predicted molar refractivity (Wildman–Crippen MR) is 93.8 cm³/mol. The van der Waals surface area contributed by atoms with Gasteiger partial charge in [-0.1, -0.05) is 18.2 Å². The Hall–Kier alpha value is -2.51. The van der Waals surface area contributed by atoms with Crippen LogP contribution in [-0.2, 0) is 10.0 Å². The molecule has 6 nitrogen and oxygen atoms in total. The van der Waals surface area contributed by atoms with Gasteiger partial charge in [0.15, 0.2) is 0 Å². The summed E-state index contributed by atoms with van der Waals surface area (Å²) in [6.45, 7) is 0.751. The molecular formula is C18H17N3O3S. The summed E-state index contributed by atoms with van der Waals surface area (Å²) >= 11 is 0. The number of sulfonamides is 1. The maximum absolute atomic E-state index is 12.7. The molecule has 0 amide bonds. The van der Waals surface area contributed by atoms with Gasteiger partial charge in [0.25, 0.3) is 0 Å². The Kier molecular flexibility index (Phi) is 4.10. The zero-order chi connectivity index (χ0) is 17.3. The standard InChI is InChI=1S/C18H17N3O3S/c22-25(23,16-6-3-9-19-12-16)21-11-8-15(13-21)24-17-7-1-4-14-5-2-10-20-18(14)17/h1-7,9-10,12,15H,8,11,13H2. The fourth-order valence-corrected chi connectivity index (χ4v) is 4.46. The molecule has 25 heavy (non-hydrogen) atoms. The molecule has 1 fully saturated rings. The molecule has 1 aromatic carbocycles. The molecule has 0 saturated carbocycles. The molecule has 1 unspecified atom stereocenters. The lowest BCUT2D eigenvalue weighted by molar-refractivity contribution is 0.218. The minimum atomic E-state index is -3.53. The van der Waals surface area contributed by atoms with Crippen molar-refractivity contribution in [3.8, 4) is 5.75 Å². The minimum Gasteiger partial charge on any atom is -0.487 e. The van der Waals surface area contributed by atoms with Crippen LogP contribution >= 0.6 is 0 Å². The highest BCUT2D eigenvalue weighted by molar-refractivity contribution is 7.89. The summed E-state index contributed by atoms with van der Waals surface area (Å²) in [6.07, 6.45) is 5.10. The Labute approximate surface area is 146 Å². The predicted octanol–water partition coefficient (Wildman–Crippen LogP) is 2.47. The van der Waals surface area contributed by atoms with Crippen LogP contribution in [0.5, 0.6) is 5.75 Å². The fraction of sp³-hybridized carbons (Fsp3) is 0.222. The van der Waals surface area contributed by atoms with Gasteiger partial charge in [0.2, 0.25) is 10.0 Å². The molecule has 3 aromatic rings. The second-order valence-corrected chi connectivity index (χ2v) is 7.85. The SMILES string of the molecule is O=S(=O)(c1cccnc1)N1CCC(Oc2cccc3cccnc23)C1. The van der Waals surface area contributed by atoms with Crippen LogP contribution in [0.4, 0.5) is 0 Å². The van der Waals surface area contributed by atoms with Gasteiger partial charge in [-0.2, -0.15) is 4.31 Å². The molecule has 0 radical (unpaired) electrons. The van der Waals surface area contributed by atoms with E-state index in [-0.39, 0.29) is 11.0 Å². The second kappa shape index (κ2) is 6.42. The van der Waals surface area contributed by atoms with Crippen molar-refractivity contribution in [2.75, 3.05) is 13.1 Å². The van der Waals surface area contributed by atoms with E-state index in [0.29, 0.717) is 25.3 Å². The molecule has 128 valence electrons. The van der Waals surface area contributed by atoms with E-state index in [4.69, 9.17) is 4.74 Å². The lowest BCUT2D eigenvalue weighted by atomic mass is 10.2. The average Bonchev–Trinajstić information content (AvgIpc) is 3.12. The van der Waals surface area contributed by atoms with Crippen molar-refractivity contribution < 1.29 is 13.2 Å². The quantitative estimate of drug-likeness (QED) is 0.719. The monoisotopic (exact) mass is 355 g/mol. The third kappa shape index (κ3) is 3.08. The molecule has 1 saturated heterocycles. The number of ether oxygens (including phenoxy) is 1. The summed E-state index contributed by atoms with van der Waals surface area (Å²) < 4.78 is 32.8. The molecule has 1 aliphatic heterocycles. The zero-order valence-corrected chi connectivity index (χ0v) is 14.3. The van der Waals surface area contributed by atoms with E-state index in [1.807, 2.05) is 30.3 Å². The van der Waals surface area contributed by atoms with E-state index in [1.165, 1.54) is 10.5 Å². The van der Waals surface area contributed by atoms with E-state index >= 15 is 0 Å². The molecule has 3 heterocycles. The van der Waals surface area contributed by atoms with Crippen LogP contribution in [-0.4, -0.2) is 41.9 Å². The first-order valence-corrected chi connectivity index (χ1v) is 9.49. The van der Waals surface area contributed by atoms with Crippen molar-refractivity contribution in [1.29, 1.82) is 0 Å². The molecule has 1 atom stereocenters. The molecule has 1 aliphatic rings. The van der Waals surface area contributed by atoms with Gasteiger partial charge in [-0.15, -0.1) is 0 Å². The number of fused-ring (bicyclic) bond motifs is 1. The van der Waals surface area contributed by atoms with Gasteiger partial charge in [0.1, 0.15) is 22.3 Å². The molecule has 0 aliphatic carbocycles. The second-order valence-electron chi connectivity index (χ2n) is 5.91. The molecule has 4 rings (SSSR count). The largest absolute Gasteiger partial charge is 0.487 e. The molecular weight excluding hydrogens is 338 g/mol. The van der Waals surface area contributed by atoms with Gasteiger partial charge in [-0.3, -0.25) is 9.97 Å². The average molecular weight is 355 g/mol. The Morgan fingerprint density at radius 2 is 1.92 bits per heavy atom. The zero-order valence-electron chi connectivity index (χ0n) is 13.4. The van der Waals surface area contributed by atoms with Crippen molar-refractivity contribution in [3.63, 3.8) is 0 Å². The van der Waals surface area contributed by atoms with Crippen molar-refractivity contribution >= 4 is 20.9 Å². The number of aromatic nitrogens is 2. The topological polar surface area (TPSA) is 72.4 Å². The normalized spacial score (nSPS) is 18.5. The first-order valence-electron chi connectivity index (χ1n) is 8.05. The highest BCUT2D eigenvalue weighted by Gasteiger charge is 2.34. The molecule has 7 heteroatoms. The maximum atomic E-state index is 12.7. The van der Waals surface area contributed by atoms with Gasteiger partial charge in [0, 0.05) is 30.5 Å². The molecule has 2 aromatic heterocycles. The summed E-state index contributed by atoms with van der Waals surface area (Å²) in [5, 5.41) is 0.998.